The maximum atomic E-state index is 13.2. The minimum Gasteiger partial charge on any atom is -0.476 e. The van der Waals surface area contributed by atoms with Crippen LogP contribution in [0.25, 0.3) is 0 Å². The molecule has 1 aliphatic rings. The van der Waals surface area contributed by atoms with Gasteiger partial charge in [-0.05, 0) is 51.6 Å². The highest BCUT2D eigenvalue weighted by Crippen LogP contribution is 2.35. The zero-order valence-electron chi connectivity index (χ0n) is 18.4. The summed E-state index contributed by atoms with van der Waals surface area (Å²) < 4.78 is 71.3. The number of carbonyl (C=O) groups is 1. The van der Waals surface area contributed by atoms with Crippen LogP contribution in [0, 0.1) is 5.41 Å². The van der Waals surface area contributed by atoms with Crippen molar-refractivity contribution in [2.45, 2.75) is 45.0 Å². The van der Waals surface area contributed by atoms with Gasteiger partial charge in [-0.3, -0.25) is 4.79 Å². The molecule has 1 saturated heterocycles. The lowest BCUT2D eigenvalue weighted by Gasteiger charge is -2.38. The lowest BCUT2D eigenvalue weighted by Crippen LogP contribution is -2.52. The van der Waals surface area contributed by atoms with E-state index < -0.39 is 35.5 Å². The lowest BCUT2D eigenvalue weighted by atomic mass is 9.86. The van der Waals surface area contributed by atoms with Gasteiger partial charge in [-0.2, -0.15) is 27.1 Å². The molecule has 2 aromatic rings. The highest BCUT2D eigenvalue weighted by atomic mass is 19.4. The molecule has 1 fully saturated rings. The highest BCUT2D eigenvalue weighted by Gasteiger charge is 2.38. The molecular formula is C21H26F5N5O2. The predicted octanol–water partition coefficient (Wildman–Crippen LogP) is 3.70. The Morgan fingerprint density at radius 3 is 2.70 bits per heavy atom. The second-order valence-corrected chi connectivity index (χ2v) is 8.80. The number of hydrogen-bond acceptors (Lipinski definition) is 5. The van der Waals surface area contributed by atoms with Crippen LogP contribution in [0.3, 0.4) is 0 Å². The molecule has 2 atom stereocenters. The number of aromatic nitrogens is 3. The Morgan fingerprint density at radius 1 is 1.33 bits per heavy atom. The largest absolute Gasteiger partial charge is 0.476 e. The van der Waals surface area contributed by atoms with Crippen LogP contribution in [0.4, 0.5) is 22.0 Å². The Morgan fingerprint density at radius 2 is 2.06 bits per heavy atom. The summed E-state index contributed by atoms with van der Waals surface area (Å²) in [4.78, 5) is 18.7. The third kappa shape index (κ3) is 5.98. The molecule has 0 saturated carbocycles. The fraction of sp³-hybridized carbons (Fsp3) is 0.571. The first-order chi connectivity index (χ1) is 15.4. The van der Waals surface area contributed by atoms with E-state index in [-0.39, 0.29) is 18.6 Å². The van der Waals surface area contributed by atoms with E-state index in [2.05, 4.69) is 15.4 Å². The molecule has 1 N–H and O–H groups in total. The van der Waals surface area contributed by atoms with Gasteiger partial charge in [0, 0.05) is 30.9 Å². The van der Waals surface area contributed by atoms with E-state index in [0.717, 1.165) is 12.1 Å². The van der Waals surface area contributed by atoms with Crippen LogP contribution >= 0.6 is 0 Å². The molecule has 1 aliphatic heterocycles. The van der Waals surface area contributed by atoms with Gasteiger partial charge in [-0.25, -0.2) is 9.67 Å². The molecule has 0 radical (unpaired) electrons. The van der Waals surface area contributed by atoms with Crippen molar-refractivity contribution in [2.75, 3.05) is 26.7 Å². The quantitative estimate of drug-likeness (QED) is 0.619. The number of ether oxygens (including phenoxy) is 1. The molecular weight excluding hydrogens is 449 g/mol. The number of alkyl halides is 5. The SMILES string of the molecule is CN1CC[C@H](NC(=O)C(C)(C)COc2ncccc2C(F)(F)F)[C@H](c2cnn(C(F)F)c2)C1. The monoisotopic (exact) mass is 475 g/mol. The number of halogens is 5. The average molecular weight is 475 g/mol. The molecule has 7 nitrogen and oxygen atoms in total. The summed E-state index contributed by atoms with van der Waals surface area (Å²) in [6.45, 7) is 1.22. The van der Waals surface area contributed by atoms with E-state index in [1.165, 1.54) is 18.6 Å². The number of likely N-dealkylation sites (N-methyl/N-ethyl adjacent to an activating group) is 1. The zero-order chi connectivity index (χ0) is 24.4. The number of nitrogens with zero attached hydrogens (tertiary/aromatic N) is 4. The summed E-state index contributed by atoms with van der Waals surface area (Å²) in [5, 5.41) is 6.62. The van der Waals surface area contributed by atoms with Crippen LogP contribution in [0.2, 0.25) is 0 Å². The first-order valence-corrected chi connectivity index (χ1v) is 10.3. The van der Waals surface area contributed by atoms with Gasteiger partial charge in [-0.15, -0.1) is 0 Å². The van der Waals surface area contributed by atoms with Crippen LogP contribution in [-0.2, 0) is 11.0 Å². The van der Waals surface area contributed by atoms with Crippen LogP contribution in [0.5, 0.6) is 5.88 Å². The maximum Gasteiger partial charge on any atom is 0.421 e. The number of rotatable bonds is 7. The van der Waals surface area contributed by atoms with Gasteiger partial charge < -0.3 is 15.0 Å². The zero-order valence-corrected chi connectivity index (χ0v) is 18.4. The summed E-state index contributed by atoms with van der Waals surface area (Å²) in [6, 6.07) is 1.66. The minimum atomic E-state index is -4.64. The van der Waals surface area contributed by atoms with Crippen LogP contribution in [0.15, 0.2) is 30.7 Å². The summed E-state index contributed by atoms with van der Waals surface area (Å²) in [6.07, 6.45) is -0.257. The Labute approximate surface area is 187 Å². The Balaban J connectivity index is 1.70. The predicted molar refractivity (Wildman–Crippen MR) is 109 cm³/mol. The Hall–Kier alpha value is -2.76. The Kier molecular flexibility index (Phi) is 7.25. The Bertz CT molecular complexity index is 963. The first-order valence-electron chi connectivity index (χ1n) is 10.3. The van der Waals surface area contributed by atoms with Gasteiger partial charge in [0.05, 0.1) is 11.6 Å². The summed E-state index contributed by atoms with van der Waals surface area (Å²) in [5.74, 6) is -1.29. The number of amides is 1. The van der Waals surface area contributed by atoms with Crippen molar-refractivity contribution in [3.63, 3.8) is 0 Å². The molecule has 3 heterocycles. The van der Waals surface area contributed by atoms with E-state index in [1.54, 1.807) is 13.8 Å². The van der Waals surface area contributed by atoms with Gasteiger partial charge in [0.2, 0.25) is 11.8 Å². The number of nitrogens with one attached hydrogen (secondary N) is 1. The smallest absolute Gasteiger partial charge is 0.421 e. The number of pyridine rings is 1. The summed E-state index contributed by atoms with van der Waals surface area (Å²) in [7, 11) is 1.89. The molecule has 3 rings (SSSR count). The molecule has 0 spiro atoms. The standard InChI is InChI=1S/C21H26F5N5O2/c1-20(2,12-33-17-15(21(24,25)26)5-4-7-27-17)18(32)29-16-6-8-30(3)11-14(16)13-9-28-31(10-13)19(22)23/h4-5,7,9-10,14,16,19H,6,8,11-12H2,1-3H3,(H,29,32)/t14-,16-/m0/s1. The van der Waals surface area contributed by atoms with Crippen molar-refractivity contribution in [1.29, 1.82) is 0 Å². The fourth-order valence-electron chi connectivity index (χ4n) is 3.68. The van der Waals surface area contributed by atoms with Gasteiger partial charge >= 0.3 is 12.7 Å². The molecule has 33 heavy (non-hydrogen) atoms. The van der Waals surface area contributed by atoms with Crippen molar-refractivity contribution in [3.05, 3.63) is 41.9 Å². The third-order valence-electron chi connectivity index (χ3n) is 5.64. The average Bonchev–Trinajstić information content (AvgIpc) is 3.23. The second-order valence-electron chi connectivity index (χ2n) is 8.80. The van der Waals surface area contributed by atoms with Crippen LogP contribution < -0.4 is 10.1 Å². The van der Waals surface area contributed by atoms with Crippen molar-refractivity contribution in [1.82, 2.24) is 25.0 Å². The maximum absolute atomic E-state index is 13.2. The van der Waals surface area contributed by atoms with Crippen LogP contribution in [0.1, 0.15) is 43.9 Å². The molecule has 182 valence electrons. The first kappa shape index (κ1) is 24.9. The number of hydrogen-bond donors (Lipinski definition) is 1. The van der Waals surface area contributed by atoms with E-state index in [1.807, 2.05) is 11.9 Å². The van der Waals surface area contributed by atoms with Gasteiger partial charge in [-0.1, -0.05) is 0 Å². The second kappa shape index (κ2) is 9.62. The topological polar surface area (TPSA) is 72.3 Å². The summed E-state index contributed by atoms with van der Waals surface area (Å²) in [5.41, 5.74) is -1.63. The highest BCUT2D eigenvalue weighted by molar-refractivity contribution is 5.82. The summed E-state index contributed by atoms with van der Waals surface area (Å²) >= 11 is 0. The molecule has 0 aliphatic carbocycles. The molecule has 2 aromatic heterocycles. The van der Waals surface area contributed by atoms with Gasteiger partial charge in [0.25, 0.3) is 0 Å². The van der Waals surface area contributed by atoms with E-state index in [9.17, 15) is 26.7 Å². The molecule has 0 aromatic carbocycles. The molecule has 1 amide bonds. The van der Waals surface area contributed by atoms with Crippen molar-refractivity contribution in [3.8, 4) is 5.88 Å². The molecule has 12 heteroatoms. The van der Waals surface area contributed by atoms with Crippen molar-refractivity contribution >= 4 is 5.91 Å². The van der Waals surface area contributed by atoms with Crippen molar-refractivity contribution in [2.24, 2.45) is 5.41 Å². The van der Waals surface area contributed by atoms with Gasteiger partial charge in [0.15, 0.2) is 0 Å². The van der Waals surface area contributed by atoms with Gasteiger partial charge in [0.1, 0.15) is 12.2 Å². The lowest BCUT2D eigenvalue weighted by molar-refractivity contribution is -0.139. The normalized spacial score (nSPS) is 20.2. The molecule has 0 unspecified atom stereocenters. The van der Waals surface area contributed by atoms with E-state index in [4.69, 9.17) is 4.74 Å². The van der Waals surface area contributed by atoms with Crippen molar-refractivity contribution < 1.29 is 31.5 Å². The van der Waals surface area contributed by atoms with Crippen LogP contribution in [-0.4, -0.2) is 58.4 Å². The number of likely N-dealkylation sites (tertiary alicyclic amines) is 1. The van der Waals surface area contributed by atoms with E-state index >= 15 is 0 Å². The number of piperidine rings is 1. The van der Waals surface area contributed by atoms with E-state index in [0.29, 0.717) is 29.8 Å². The minimum absolute atomic E-state index is 0.274. The third-order valence-corrected chi connectivity index (χ3v) is 5.64. The number of carbonyl (C=O) groups excluding carboxylic acids is 1. The fourth-order valence-corrected chi connectivity index (χ4v) is 3.68. The molecule has 0 bridgehead atoms.